The first-order valence-electron chi connectivity index (χ1n) is 17.5. The van der Waals surface area contributed by atoms with Crippen molar-refractivity contribution in [1.82, 2.24) is 0 Å². The van der Waals surface area contributed by atoms with E-state index in [9.17, 15) is 30.3 Å². The normalized spacial score (nSPS) is 16.4. The molecule has 0 radical (unpaired) electrons. The SMILES string of the molecule is O=C[C@@](O)(Cc1ccccc1)[C@](O)(Cc1ccccc1)[C@@](O)(Cc1ccccc1)[C@H](O)C(O)C(c1ccccc1)(c1ccccc1)c1ccccc1. The largest absolute Gasteiger partial charge is 0.389 e. The minimum Gasteiger partial charge on any atom is -0.389 e. The van der Waals surface area contributed by atoms with Crippen LogP contribution in [0.4, 0.5) is 0 Å². The molecule has 0 bridgehead atoms. The van der Waals surface area contributed by atoms with Crippen molar-refractivity contribution in [3.63, 3.8) is 0 Å². The summed E-state index contributed by atoms with van der Waals surface area (Å²) in [6.45, 7) is 0. The third-order valence-electron chi connectivity index (χ3n) is 10.5. The van der Waals surface area contributed by atoms with Crippen LogP contribution in [0.25, 0.3) is 0 Å². The average molecular weight is 693 g/mol. The summed E-state index contributed by atoms with van der Waals surface area (Å²) < 4.78 is 0. The van der Waals surface area contributed by atoms with Gasteiger partial charge in [-0.2, -0.15) is 0 Å². The van der Waals surface area contributed by atoms with Gasteiger partial charge in [-0.25, -0.2) is 0 Å². The number of carbonyl (C=O) groups is 1. The molecule has 264 valence electrons. The summed E-state index contributed by atoms with van der Waals surface area (Å²) in [6, 6.07) is 53.9. The molecule has 6 aromatic rings. The topological polar surface area (TPSA) is 118 Å². The van der Waals surface area contributed by atoms with Gasteiger partial charge in [0.05, 0.1) is 5.41 Å². The predicted molar refractivity (Wildman–Crippen MR) is 203 cm³/mol. The Morgan fingerprint density at radius 1 is 0.423 bits per heavy atom. The lowest BCUT2D eigenvalue weighted by Crippen LogP contribution is -2.77. The summed E-state index contributed by atoms with van der Waals surface area (Å²) in [5, 5.41) is 65.4. The van der Waals surface area contributed by atoms with Gasteiger partial charge in [-0.15, -0.1) is 0 Å². The Balaban J connectivity index is 1.64. The Hall–Kier alpha value is -5.21. The van der Waals surface area contributed by atoms with E-state index in [1.165, 1.54) is 0 Å². The minimum atomic E-state index is -2.79. The smallest absolute Gasteiger partial charge is 0.155 e. The monoisotopic (exact) mass is 692 g/mol. The molecule has 0 aliphatic rings. The van der Waals surface area contributed by atoms with Gasteiger partial charge in [0.2, 0.25) is 0 Å². The van der Waals surface area contributed by atoms with E-state index in [1.54, 1.807) is 91.0 Å². The van der Waals surface area contributed by atoms with Crippen LogP contribution in [0.15, 0.2) is 182 Å². The van der Waals surface area contributed by atoms with Crippen LogP contribution >= 0.6 is 0 Å². The Morgan fingerprint density at radius 2 is 0.731 bits per heavy atom. The molecule has 0 aliphatic heterocycles. The van der Waals surface area contributed by atoms with Crippen LogP contribution in [-0.2, 0) is 29.5 Å². The zero-order valence-electron chi connectivity index (χ0n) is 28.8. The van der Waals surface area contributed by atoms with Gasteiger partial charge in [-0.05, 0) is 33.4 Å². The van der Waals surface area contributed by atoms with Gasteiger partial charge in [-0.3, -0.25) is 0 Å². The number of hydrogen-bond acceptors (Lipinski definition) is 6. The summed E-state index contributed by atoms with van der Waals surface area (Å²) in [4.78, 5) is 13.4. The molecule has 0 heterocycles. The molecular weight excluding hydrogens is 648 g/mol. The van der Waals surface area contributed by atoms with E-state index >= 15 is 0 Å². The van der Waals surface area contributed by atoms with Crippen molar-refractivity contribution in [2.75, 3.05) is 0 Å². The van der Waals surface area contributed by atoms with E-state index < -0.39 is 47.3 Å². The Kier molecular flexibility index (Phi) is 11.0. The fourth-order valence-electron chi connectivity index (χ4n) is 7.78. The molecule has 5 atom stereocenters. The molecule has 6 nitrogen and oxygen atoms in total. The molecule has 0 aliphatic carbocycles. The van der Waals surface area contributed by atoms with Gasteiger partial charge in [0.15, 0.2) is 11.9 Å². The maximum Gasteiger partial charge on any atom is 0.155 e. The van der Waals surface area contributed by atoms with Crippen LogP contribution in [0.2, 0.25) is 0 Å². The van der Waals surface area contributed by atoms with Crippen molar-refractivity contribution in [2.45, 2.75) is 53.7 Å². The number of aliphatic hydroxyl groups is 5. The second-order valence-corrected chi connectivity index (χ2v) is 13.6. The van der Waals surface area contributed by atoms with E-state index in [0.717, 1.165) is 0 Å². The first-order chi connectivity index (χ1) is 25.2. The van der Waals surface area contributed by atoms with Crippen LogP contribution in [0.3, 0.4) is 0 Å². The van der Waals surface area contributed by atoms with Gasteiger partial charge < -0.3 is 30.3 Å². The third-order valence-corrected chi connectivity index (χ3v) is 10.5. The maximum absolute atomic E-state index is 13.5. The molecular formula is C46H44O6. The van der Waals surface area contributed by atoms with Crippen LogP contribution in [0.5, 0.6) is 0 Å². The van der Waals surface area contributed by atoms with E-state index in [-0.39, 0.29) is 12.7 Å². The highest BCUT2D eigenvalue weighted by Gasteiger charge is 2.67. The highest BCUT2D eigenvalue weighted by molar-refractivity contribution is 5.67. The Labute approximate surface area is 304 Å². The van der Waals surface area contributed by atoms with Gasteiger partial charge >= 0.3 is 0 Å². The molecule has 1 unspecified atom stereocenters. The Bertz CT molecular complexity index is 1900. The molecule has 5 N–H and O–H groups in total. The molecule has 0 aromatic heterocycles. The van der Waals surface area contributed by atoms with Gasteiger partial charge in [-0.1, -0.05) is 182 Å². The highest BCUT2D eigenvalue weighted by atomic mass is 16.4. The standard InChI is InChI=1S/C46H44O6/c47-34-43(50,31-35-19-7-1-8-20-35)45(52,33-37-23-11-3-12-24-37)44(51,32-36-21-9-2-10-22-36)41(48)42(49)46(38-25-13-4-14-26-38,39-27-15-5-16-28-39)40-29-17-6-18-30-40/h1-30,34,41-42,48-52H,31-33H2/t41-,42?,43+,44-,45-/m1/s1. The minimum absolute atomic E-state index is 0.247. The van der Waals surface area contributed by atoms with Crippen LogP contribution in [0, 0.1) is 0 Å². The van der Waals surface area contributed by atoms with Gasteiger partial charge in [0, 0.05) is 19.3 Å². The van der Waals surface area contributed by atoms with E-state index in [1.807, 2.05) is 91.0 Å². The molecule has 0 fully saturated rings. The number of hydrogen-bond donors (Lipinski definition) is 5. The highest BCUT2D eigenvalue weighted by Crippen LogP contribution is 2.49. The molecule has 0 saturated heterocycles. The fraction of sp³-hybridized carbons (Fsp3) is 0.196. The van der Waals surface area contributed by atoms with Crippen molar-refractivity contribution in [3.8, 4) is 0 Å². The van der Waals surface area contributed by atoms with Gasteiger partial charge in [0.1, 0.15) is 23.4 Å². The third kappa shape index (κ3) is 6.75. The predicted octanol–water partition coefficient (Wildman–Crippen LogP) is 5.86. The molecule has 6 rings (SSSR count). The lowest BCUT2D eigenvalue weighted by molar-refractivity contribution is -0.276. The lowest BCUT2D eigenvalue weighted by atomic mass is 9.57. The Morgan fingerprint density at radius 3 is 1.08 bits per heavy atom. The molecule has 6 heteroatoms. The average Bonchev–Trinajstić information content (AvgIpc) is 3.20. The quantitative estimate of drug-likeness (QED) is 0.0680. The number of benzene rings is 6. The molecule has 6 aromatic carbocycles. The zero-order valence-corrected chi connectivity index (χ0v) is 28.8. The van der Waals surface area contributed by atoms with Crippen molar-refractivity contribution in [3.05, 3.63) is 215 Å². The summed E-state index contributed by atoms with van der Waals surface area (Å²) in [5.41, 5.74) is -6.38. The maximum atomic E-state index is 13.5. The summed E-state index contributed by atoms with van der Waals surface area (Å²) in [7, 11) is 0. The van der Waals surface area contributed by atoms with E-state index in [0.29, 0.717) is 33.4 Å². The van der Waals surface area contributed by atoms with Gasteiger partial charge in [0.25, 0.3) is 0 Å². The van der Waals surface area contributed by atoms with E-state index in [4.69, 9.17) is 0 Å². The van der Waals surface area contributed by atoms with Crippen molar-refractivity contribution < 1.29 is 30.3 Å². The van der Waals surface area contributed by atoms with Crippen LogP contribution < -0.4 is 0 Å². The molecule has 0 spiro atoms. The molecule has 52 heavy (non-hydrogen) atoms. The number of carbonyl (C=O) groups excluding carboxylic acids is 1. The van der Waals surface area contributed by atoms with Crippen LogP contribution in [0.1, 0.15) is 33.4 Å². The molecule has 0 saturated carbocycles. The fourth-order valence-corrected chi connectivity index (χ4v) is 7.78. The number of aldehydes is 1. The summed E-state index contributed by atoms with van der Waals surface area (Å²) in [5.74, 6) is 0. The van der Waals surface area contributed by atoms with E-state index in [2.05, 4.69) is 0 Å². The summed E-state index contributed by atoms with van der Waals surface area (Å²) in [6.07, 6.45) is -5.06. The first-order valence-corrected chi connectivity index (χ1v) is 17.5. The second kappa shape index (κ2) is 15.6. The number of rotatable bonds is 15. The first kappa shape index (κ1) is 36.6. The summed E-state index contributed by atoms with van der Waals surface area (Å²) >= 11 is 0. The van der Waals surface area contributed by atoms with Crippen molar-refractivity contribution in [2.24, 2.45) is 0 Å². The van der Waals surface area contributed by atoms with Crippen LogP contribution in [-0.4, -0.2) is 60.8 Å². The zero-order chi connectivity index (χ0) is 36.7. The lowest BCUT2D eigenvalue weighted by Gasteiger charge is -2.55. The van der Waals surface area contributed by atoms with Crippen molar-refractivity contribution >= 4 is 6.29 Å². The second-order valence-electron chi connectivity index (χ2n) is 13.6. The number of aliphatic hydroxyl groups excluding tert-OH is 2. The van der Waals surface area contributed by atoms with Crippen molar-refractivity contribution in [1.29, 1.82) is 0 Å². The molecule has 0 amide bonds.